The van der Waals surface area contributed by atoms with Gasteiger partial charge in [0, 0.05) is 45.9 Å². The first-order valence-corrected chi connectivity index (χ1v) is 8.39. The summed E-state index contributed by atoms with van der Waals surface area (Å²) in [6, 6.07) is 1.04. The van der Waals surface area contributed by atoms with Gasteiger partial charge in [0.15, 0.2) is 0 Å². The zero-order chi connectivity index (χ0) is 15.2. The van der Waals surface area contributed by atoms with Crippen LogP contribution in [0.15, 0.2) is 0 Å². The number of rotatable bonds is 5. The molecule has 5 heteroatoms. The number of carbonyl (C=O) groups excluding carboxylic acids is 1. The van der Waals surface area contributed by atoms with Gasteiger partial charge in [-0.3, -0.25) is 9.69 Å². The lowest BCUT2D eigenvalue weighted by Crippen LogP contribution is -2.51. The molecule has 0 aromatic heterocycles. The lowest BCUT2D eigenvalue weighted by atomic mass is 9.84. The van der Waals surface area contributed by atoms with Crippen molar-refractivity contribution >= 4 is 5.91 Å². The maximum atomic E-state index is 11.7. The fourth-order valence-corrected chi connectivity index (χ4v) is 3.54. The molecule has 0 bridgehead atoms. The van der Waals surface area contributed by atoms with Gasteiger partial charge in [0.05, 0.1) is 6.54 Å². The van der Waals surface area contributed by atoms with Gasteiger partial charge in [-0.15, -0.1) is 0 Å². The lowest BCUT2D eigenvalue weighted by Gasteiger charge is -2.38. The van der Waals surface area contributed by atoms with Crippen molar-refractivity contribution in [2.24, 2.45) is 5.92 Å². The van der Waals surface area contributed by atoms with Gasteiger partial charge in [-0.25, -0.2) is 0 Å². The van der Waals surface area contributed by atoms with Gasteiger partial charge < -0.3 is 15.3 Å². The van der Waals surface area contributed by atoms with Crippen LogP contribution in [0.2, 0.25) is 0 Å². The van der Waals surface area contributed by atoms with Gasteiger partial charge in [-0.2, -0.15) is 0 Å². The Morgan fingerprint density at radius 2 is 1.86 bits per heavy atom. The van der Waals surface area contributed by atoms with E-state index in [4.69, 9.17) is 0 Å². The van der Waals surface area contributed by atoms with Crippen LogP contribution in [-0.2, 0) is 4.79 Å². The standard InChI is InChI=1S/C16H31N3O2/c1-18(2)16(21)11-19-9-7-14(8-10-19)17-15-6-4-3-5-13(15)12-20/h13-15,17,20H,3-12H2,1-2H3. The number of likely N-dealkylation sites (N-methyl/N-ethyl adjacent to an activating group) is 1. The van der Waals surface area contributed by atoms with Crippen molar-refractivity contribution in [2.75, 3.05) is 40.3 Å². The van der Waals surface area contributed by atoms with E-state index in [1.165, 1.54) is 19.3 Å². The van der Waals surface area contributed by atoms with Gasteiger partial charge in [-0.05, 0) is 31.6 Å². The van der Waals surface area contributed by atoms with Gasteiger partial charge in [0.2, 0.25) is 5.91 Å². The normalized spacial score (nSPS) is 28.5. The molecule has 1 saturated heterocycles. The highest BCUT2D eigenvalue weighted by Crippen LogP contribution is 2.25. The van der Waals surface area contributed by atoms with E-state index in [0.717, 1.165) is 32.4 Å². The molecule has 1 saturated carbocycles. The predicted octanol–water partition coefficient (Wildman–Crippen LogP) is 0.680. The van der Waals surface area contributed by atoms with Crippen molar-refractivity contribution in [1.82, 2.24) is 15.1 Å². The molecular weight excluding hydrogens is 266 g/mol. The van der Waals surface area contributed by atoms with Crippen molar-refractivity contribution in [2.45, 2.75) is 50.6 Å². The minimum absolute atomic E-state index is 0.189. The molecule has 0 aromatic carbocycles. The molecule has 2 aliphatic rings. The zero-order valence-corrected chi connectivity index (χ0v) is 13.6. The van der Waals surface area contributed by atoms with Crippen LogP contribution in [0.4, 0.5) is 0 Å². The van der Waals surface area contributed by atoms with Crippen LogP contribution >= 0.6 is 0 Å². The summed E-state index contributed by atoms with van der Waals surface area (Å²) in [6.07, 6.45) is 7.11. The molecule has 1 heterocycles. The minimum atomic E-state index is 0.189. The van der Waals surface area contributed by atoms with Crippen molar-refractivity contribution in [3.8, 4) is 0 Å². The highest BCUT2D eigenvalue weighted by Gasteiger charge is 2.28. The number of nitrogens with one attached hydrogen (secondary N) is 1. The smallest absolute Gasteiger partial charge is 0.236 e. The number of hydrogen-bond acceptors (Lipinski definition) is 4. The molecule has 2 N–H and O–H groups in total. The summed E-state index contributed by atoms with van der Waals surface area (Å²) in [7, 11) is 3.63. The third-order valence-corrected chi connectivity index (χ3v) is 5.04. The van der Waals surface area contributed by atoms with Crippen LogP contribution in [-0.4, -0.2) is 73.2 Å². The van der Waals surface area contributed by atoms with Crippen LogP contribution in [0, 0.1) is 5.92 Å². The third-order valence-electron chi connectivity index (χ3n) is 5.04. The Kier molecular flexibility index (Phi) is 6.45. The maximum absolute atomic E-state index is 11.7. The number of hydrogen-bond donors (Lipinski definition) is 2. The largest absolute Gasteiger partial charge is 0.396 e. The molecule has 1 aliphatic heterocycles. The van der Waals surface area contributed by atoms with E-state index < -0.39 is 0 Å². The predicted molar refractivity (Wildman–Crippen MR) is 84.1 cm³/mol. The van der Waals surface area contributed by atoms with Crippen molar-refractivity contribution < 1.29 is 9.90 Å². The Balaban J connectivity index is 1.72. The summed E-state index contributed by atoms with van der Waals surface area (Å²) in [5, 5.41) is 13.3. The van der Waals surface area contributed by atoms with E-state index in [-0.39, 0.29) is 5.91 Å². The zero-order valence-electron chi connectivity index (χ0n) is 13.6. The van der Waals surface area contributed by atoms with E-state index in [9.17, 15) is 9.90 Å². The average Bonchev–Trinajstić information content (AvgIpc) is 2.49. The third kappa shape index (κ3) is 4.94. The number of carbonyl (C=O) groups is 1. The molecule has 5 nitrogen and oxygen atoms in total. The van der Waals surface area contributed by atoms with E-state index >= 15 is 0 Å². The van der Waals surface area contributed by atoms with Crippen molar-refractivity contribution in [1.29, 1.82) is 0 Å². The summed E-state index contributed by atoms with van der Waals surface area (Å²) in [4.78, 5) is 15.7. The highest BCUT2D eigenvalue weighted by molar-refractivity contribution is 5.77. The number of piperidine rings is 1. The lowest BCUT2D eigenvalue weighted by molar-refractivity contribution is -0.130. The first-order valence-electron chi connectivity index (χ1n) is 8.39. The molecule has 0 radical (unpaired) electrons. The number of likely N-dealkylation sites (tertiary alicyclic amines) is 1. The first-order chi connectivity index (χ1) is 10.1. The number of aliphatic hydroxyl groups excluding tert-OH is 1. The van der Waals surface area contributed by atoms with E-state index in [1.54, 1.807) is 4.90 Å². The quantitative estimate of drug-likeness (QED) is 0.783. The van der Waals surface area contributed by atoms with Crippen LogP contribution in [0.3, 0.4) is 0 Å². The second-order valence-electron chi connectivity index (χ2n) is 6.84. The summed E-state index contributed by atoms with van der Waals surface area (Å²) in [6.45, 7) is 2.85. The van der Waals surface area contributed by atoms with Gasteiger partial charge >= 0.3 is 0 Å². The van der Waals surface area contributed by atoms with Crippen molar-refractivity contribution in [3.05, 3.63) is 0 Å². The topological polar surface area (TPSA) is 55.8 Å². The average molecular weight is 297 g/mol. The van der Waals surface area contributed by atoms with Gasteiger partial charge in [-0.1, -0.05) is 12.8 Å². The maximum Gasteiger partial charge on any atom is 0.236 e. The van der Waals surface area contributed by atoms with E-state index in [1.807, 2.05) is 14.1 Å². The molecule has 0 spiro atoms. The summed E-state index contributed by atoms with van der Waals surface area (Å²) in [5.74, 6) is 0.626. The summed E-state index contributed by atoms with van der Waals surface area (Å²) < 4.78 is 0. The second-order valence-corrected chi connectivity index (χ2v) is 6.84. The summed E-state index contributed by atoms with van der Waals surface area (Å²) >= 11 is 0. The molecule has 2 unspecified atom stereocenters. The molecular formula is C16H31N3O2. The first kappa shape index (κ1) is 16.7. The van der Waals surface area contributed by atoms with Crippen LogP contribution < -0.4 is 5.32 Å². The van der Waals surface area contributed by atoms with E-state index in [2.05, 4.69) is 10.2 Å². The highest BCUT2D eigenvalue weighted by atomic mass is 16.3. The second kappa shape index (κ2) is 8.11. The Labute approximate surface area is 128 Å². The number of aliphatic hydroxyl groups is 1. The van der Waals surface area contributed by atoms with Gasteiger partial charge in [0.1, 0.15) is 0 Å². The van der Waals surface area contributed by atoms with Crippen LogP contribution in [0.25, 0.3) is 0 Å². The van der Waals surface area contributed by atoms with E-state index in [0.29, 0.717) is 31.2 Å². The fraction of sp³-hybridized carbons (Fsp3) is 0.938. The molecule has 1 amide bonds. The number of nitrogens with zero attached hydrogens (tertiary/aromatic N) is 2. The Bertz CT molecular complexity index is 327. The Morgan fingerprint density at radius 1 is 1.19 bits per heavy atom. The van der Waals surface area contributed by atoms with Crippen molar-refractivity contribution in [3.63, 3.8) is 0 Å². The molecule has 21 heavy (non-hydrogen) atoms. The fourth-order valence-electron chi connectivity index (χ4n) is 3.54. The monoisotopic (exact) mass is 297 g/mol. The van der Waals surface area contributed by atoms with Gasteiger partial charge in [0.25, 0.3) is 0 Å². The Morgan fingerprint density at radius 3 is 2.48 bits per heavy atom. The van der Waals surface area contributed by atoms with Crippen LogP contribution in [0.5, 0.6) is 0 Å². The Hall–Kier alpha value is -0.650. The molecule has 122 valence electrons. The minimum Gasteiger partial charge on any atom is -0.396 e. The molecule has 0 aromatic rings. The van der Waals surface area contributed by atoms with Crippen LogP contribution in [0.1, 0.15) is 38.5 Å². The molecule has 2 rings (SSSR count). The SMILES string of the molecule is CN(C)C(=O)CN1CCC(NC2CCCCC2CO)CC1. The summed E-state index contributed by atoms with van der Waals surface area (Å²) in [5.41, 5.74) is 0. The number of amides is 1. The molecule has 2 atom stereocenters. The molecule has 2 fully saturated rings. The molecule has 1 aliphatic carbocycles.